The fourth-order valence-electron chi connectivity index (χ4n) is 3.18. The minimum absolute atomic E-state index is 0.0277. The number of aromatic nitrogens is 2. The molecule has 3 rings (SSSR count). The molecule has 1 aromatic carbocycles. The normalized spacial score (nSPS) is 17.0. The molecular formula is C19H23ClN4O3. The Hall–Kier alpha value is -2.38. The summed E-state index contributed by atoms with van der Waals surface area (Å²) >= 11 is 6.03. The Kier molecular flexibility index (Phi) is 6.47. The van der Waals surface area contributed by atoms with Crippen LogP contribution in [0.5, 0.6) is 0 Å². The van der Waals surface area contributed by atoms with E-state index in [0.717, 1.165) is 19.4 Å². The Morgan fingerprint density at radius 1 is 1.37 bits per heavy atom. The number of anilines is 1. The van der Waals surface area contributed by atoms with Gasteiger partial charge in [0.1, 0.15) is 5.82 Å². The van der Waals surface area contributed by atoms with Crippen LogP contribution in [0.1, 0.15) is 12.8 Å². The van der Waals surface area contributed by atoms with Crippen molar-refractivity contribution in [2.45, 2.75) is 12.8 Å². The lowest BCUT2D eigenvalue weighted by atomic mass is 9.97. The van der Waals surface area contributed by atoms with Gasteiger partial charge in [0, 0.05) is 37.8 Å². The molecule has 1 atom stereocenters. The minimum Gasteiger partial charge on any atom is -0.383 e. The highest BCUT2D eigenvalue weighted by Gasteiger charge is 2.26. The highest BCUT2D eigenvalue weighted by Crippen LogP contribution is 2.22. The first kappa shape index (κ1) is 19.4. The van der Waals surface area contributed by atoms with Crippen molar-refractivity contribution in [1.82, 2.24) is 15.1 Å². The number of methoxy groups -OCH3 is 1. The zero-order valence-corrected chi connectivity index (χ0v) is 16.0. The molecule has 1 aliphatic heterocycles. The van der Waals surface area contributed by atoms with Crippen molar-refractivity contribution in [2.24, 2.45) is 5.92 Å². The molecule has 0 radical (unpaired) electrons. The molecule has 1 amide bonds. The summed E-state index contributed by atoms with van der Waals surface area (Å²) in [6, 6.07) is 10.2. The first-order valence-corrected chi connectivity index (χ1v) is 9.34. The third kappa shape index (κ3) is 4.87. The maximum absolute atomic E-state index is 12.3. The summed E-state index contributed by atoms with van der Waals surface area (Å²) in [5, 5.41) is 7.93. The SMILES string of the molecule is COCCNC(=O)C1CCCN(c2ccc(=O)n(-c3cccc(Cl)c3)n2)C1. The molecule has 0 saturated carbocycles. The molecule has 0 spiro atoms. The van der Waals surface area contributed by atoms with Gasteiger partial charge in [-0.1, -0.05) is 17.7 Å². The van der Waals surface area contributed by atoms with Crippen LogP contribution < -0.4 is 15.8 Å². The van der Waals surface area contributed by atoms with E-state index in [2.05, 4.69) is 10.4 Å². The summed E-state index contributed by atoms with van der Waals surface area (Å²) < 4.78 is 6.30. The fraction of sp³-hybridized carbons (Fsp3) is 0.421. The molecule has 1 aromatic heterocycles. The van der Waals surface area contributed by atoms with Gasteiger partial charge in [0.2, 0.25) is 5.91 Å². The molecule has 0 aliphatic carbocycles. The summed E-state index contributed by atoms with van der Waals surface area (Å²) in [5.74, 6) is 0.591. The Morgan fingerprint density at radius 2 is 2.22 bits per heavy atom. The Morgan fingerprint density at radius 3 is 3.00 bits per heavy atom. The third-order valence-electron chi connectivity index (χ3n) is 4.56. The van der Waals surface area contributed by atoms with Crippen molar-refractivity contribution in [2.75, 3.05) is 38.3 Å². The van der Waals surface area contributed by atoms with E-state index in [1.807, 2.05) is 4.90 Å². The van der Waals surface area contributed by atoms with Gasteiger partial charge in [0.15, 0.2) is 0 Å². The van der Waals surface area contributed by atoms with Crippen LogP contribution in [0.15, 0.2) is 41.2 Å². The number of piperidine rings is 1. The average Bonchev–Trinajstić information content (AvgIpc) is 2.68. The molecule has 2 heterocycles. The number of hydrogen-bond donors (Lipinski definition) is 1. The summed E-state index contributed by atoms with van der Waals surface area (Å²) in [7, 11) is 1.61. The summed E-state index contributed by atoms with van der Waals surface area (Å²) in [4.78, 5) is 26.6. The van der Waals surface area contributed by atoms with Gasteiger partial charge in [-0.15, -0.1) is 5.10 Å². The van der Waals surface area contributed by atoms with Crippen LogP contribution in [0.4, 0.5) is 5.82 Å². The predicted octanol–water partition coefficient (Wildman–Crippen LogP) is 1.86. The van der Waals surface area contributed by atoms with Crippen molar-refractivity contribution in [3.8, 4) is 5.69 Å². The summed E-state index contributed by atoms with van der Waals surface area (Å²) in [5.41, 5.74) is 0.382. The molecule has 1 unspecified atom stereocenters. The van der Waals surface area contributed by atoms with Crippen LogP contribution >= 0.6 is 11.6 Å². The number of ether oxygens (including phenoxy) is 1. The van der Waals surface area contributed by atoms with Crippen LogP contribution in [0.25, 0.3) is 5.69 Å². The first-order valence-electron chi connectivity index (χ1n) is 8.96. The van der Waals surface area contributed by atoms with Gasteiger partial charge in [-0.2, -0.15) is 4.68 Å². The topological polar surface area (TPSA) is 76.5 Å². The molecule has 0 bridgehead atoms. The lowest BCUT2D eigenvalue weighted by Crippen LogP contribution is -2.44. The van der Waals surface area contributed by atoms with Crippen LogP contribution in [0.2, 0.25) is 5.02 Å². The second-order valence-electron chi connectivity index (χ2n) is 6.49. The second-order valence-corrected chi connectivity index (χ2v) is 6.93. The summed E-state index contributed by atoms with van der Waals surface area (Å²) in [6.45, 7) is 2.36. The molecule has 1 saturated heterocycles. The number of nitrogens with one attached hydrogen (secondary N) is 1. The Labute approximate surface area is 162 Å². The lowest BCUT2D eigenvalue weighted by Gasteiger charge is -2.32. The number of nitrogens with zero attached hydrogens (tertiary/aromatic N) is 3. The smallest absolute Gasteiger partial charge is 0.271 e. The zero-order chi connectivity index (χ0) is 19.2. The van der Waals surface area contributed by atoms with Crippen LogP contribution in [0.3, 0.4) is 0 Å². The maximum atomic E-state index is 12.3. The van der Waals surface area contributed by atoms with Crippen molar-refractivity contribution < 1.29 is 9.53 Å². The predicted molar refractivity (Wildman–Crippen MR) is 105 cm³/mol. The molecule has 27 heavy (non-hydrogen) atoms. The summed E-state index contributed by atoms with van der Waals surface area (Å²) in [6.07, 6.45) is 1.73. The lowest BCUT2D eigenvalue weighted by molar-refractivity contribution is -0.125. The third-order valence-corrected chi connectivity index (χ3v) is 4.80. The van der Waals surface area contributed by atoms with E-state index in [9.17, 15) is 9.59 Å². The maximum Gasteiger partial charge on any atom is 0.271 e. The van der Waals surface area contributed by atoms with Crippen molar-refractivity contribution in [3.63, 3.8) is 0 Å². The number of rotatable bonds is 6. The van der Waals surface area contributed by atoms with E-state index in [-0.39, 0.29) is 17.4 Å². The molecule has 1 N–H and O–H groups in total. The van der Waals surface area contributed by atoms with Gasteiger partial charge >= 0.3 is 0 Å². The van der Waals surface area contributed by atoms with Gasteiger partial charge in [-0.25, -0.2) is 0 Å². The van der Waals surface area contributed by atoms with E-state index < -0.39 is 0 Å². The van der Waals surface area contributed by atoms with E-state index in [1.165, 1.54) is 10.7 Å². The van der Waals surface area contributed by atoms with Crippen LogP contribution in [0, 0.1) is 5.92 Å². The second kappa shape index (κ2) is 9.01. The molecular weight excluding hydrogens is 368 g/mol. The largest absolute Gasteiger partial charge is 0.383 e. The van der Waals surface area contributed by atoms with Gasteiger partial charge in [-0.05, 0) is 37.1 Å². The van der Waals surface area contributed by atoms with Gasteiger partial charge in [-0.3, -0.25) is 9.59 Å². The quantitative estimate of drug-likeness (QED) is 0.762. The molecule has 1 aliphatic rings. The van der Waals surface area contributed by atoms with Gasteiger partial charge < -0.3 is 15.0 Å². The number of amides is 1. The van der Waals surface area contributed by atoms with Crippen LogP contribution in [-0.2, 0) is 9.53 Å². The van der Waals surface area contributed by atoms with E-state index in [4.69, 9.17) is 16.3 Å². The number of carbonyl (C=O) groups excluding carboxylic acids is 1. The van der Waals surface area contributed by atoms with E-state index >= 15 is 0 Å². The molecule has 7 nitrogen and oxygen atoms in total. The van der Waals surface area contributed by atoms with E-state index in [0.29, 0.717) is 36.2 Å². The number of benzene rings is 1. The fourth-order valence-corrected chi connectivity index (χ4v) is 3.37. The zero-order valence-electron chi connectivity index (χ0n) is 15.2. The van der Waals surface area contributed by atoms with Gasteiger partial charge in [0.05, 0.1) is 18.2 Å². The number of halogens is 1. The first-order chi connectivity index (χ1) is 13.1. The van der Waals surface area contributed by atoms with Crippen molar-refractivity contribution in [1.29, 1.82) is 0 Å². The standard InChI is InChI=1S/C19H23ClN4O3/c1-27-11-9-21-19(26)14-4-3-10-23(13-14)17-7-8-18(25)24(22-17)16-6-2-5-15(20)12-16/h2,5-8,12,14H,3-4,9-11,13H2,1H3,(H,21,26). The van der Waals surface area contributed by atoms with Crippen molar-refractivity contribution >= 4 is 23.3 Å². The molecule has 2 aromatic rings. The van der Waals surface area contributed by atoms with Crippen LogP contribution in [-0.4, -0.2) is 49.0 Å². The molecule has 1 fully saturated rings. The average molecular weight is 391 g/mol. The van der Waals surface area contributed by atoms with Crippen molar-refractivity contribution in [3.05, 3.63) is 51.8 Å². The Balaban J connectivity index is 1.77. The monoisotopic (exact) mass is 390 g/mol. The molecule has 8 heteroatoms. The number of hydrogen-bond acceptors (Lipinski definition) is 5. The van der Waals surface area contributed by atoms with E-state index in [1.54, 1.807) is 37.4 Å². The Bertz CT molecular complexity index is 855. The highest BCUT2D eigenvalue weighted by molar-refractivity contribution is 6.30. The highest BCUT2D eigenvalue weighted by atomic mass is 35.5. The number of carbonyl (C=O) groups is 1. The molecule has 144 valence electrons. The minimum atomic E-state index is -0.230. The van der Waals surface area contributed by atoms with Gasteiger partial charge in [0.25, 0.3) is 5.56 Å².